The zero-order valence-electron chi connectivity index (χ0n) is 12.6. The summed E-state index contributed by atoms with van der Waals surface area (Å²) in [7, 11) is 0. The molecule has 0 aliphatic carbocycles. The summed E-state index contributed by atoms with van der Waals surface area (Å²) >= 11 is 0. The van der Waals surface area contributed by atoms with Gasteiger partial charge in [-0.3, -0.25) is 9.20 Å². The van der Waals surface area contributed by atoms with Gasteiger partial charge >= 0.3 is 0 Å². The highest BCUT2D eigenvalue weighted by atomic mass is 16.1. The number of benzene rings is 1. The lowest BCUT2D eigenvalue weighted by Crippen LogP contribution is -2.24. The van der Waals surface area contributed by atoms with E-state index in [0.29, 0.717) is 18.8 Å². The number of nitrogens with one attached hydrogen (secondary N) is 1. The van der Waals surface area contributed by atoms with Gasteiger partial charge in [0.1, 0.15) is 11.3 Å². The van der Waals surface area contributed by atoms with Crippen LogP contribution in [0.15, 0.2) is 54.7 Å². The highest BCUT2D eigenvalue weighted by Crippen LogP contribution is 2.14. The summed E-state index contributed by atoms with van der Waals surface area (Å²) in [5.41, 5.74) is 3.55. The summed E-state index contributed by atoms with van der Waals surface area (Å²) in [6, 6.07) is 15.9. The third kappa shape index (κ3) is 2.92. The molecule has 0 radical (unpaired) electrons. The first kappa shape index (κ1) is 14.5. The fourth-order valence-corrected chi connectivity index (χ4v) is 2.59. The van der Waals surface area contributed by atoms with Crippen molar-refractivity contribution in [2.75, 3.05) is 6.54 Å². The standard InChI is InChI=1S/C18H19N3O/c1-2-15-18(21-11-7-6-10-17(21)20-15)16(22)13-19-12-14-8-4-3-5-9-14/h3-11,19H,2,12-13H2,1H3. The summed E-state index contributed by atoms with van der Waals surface area (Å²) in [6.07, 6.45) is 2.65. The van der Waals surface area contributed by atoms with Gasteiger partial charge in [0, 0.05) is 12.7 Å². The molecule has 112 valence electrons. The minimum Gasteiger partial charge on any atom is -0.306 e. The Labute approximate surface area is 129 Å². The molecule has 0 spiro atoms. The summed E-state index contributed by atoms with van der Waals surface area (Å²) in [5.74, 6) is 0.0754. The first-order chi connectivity index (χ1) is 10.8. The molecule has 0 unspecified atom stereocenters. The molecule has 0 amide bonds. The van der Waals surface area contributed by atoms with Gasteiger partial charge in [-0.2, -0.15) is 0 Å². The minimum absolute atomic E-state index is 0.0754. The Balaban J connectivity index is 1.75. The zero-order valence-corrected chi connectivity index (χ0v) is 12.6. The molecule has 22 heavy (non-hydrogen) atoms. The first-order valence-corrected chi connectivity index (χ1v) is 7.53. The second-order valence-electron chi connectivity index (χ2n) is 5.20. The van der Waals surface area contributed by atoms with E-state index in [1.165, 1.54) is 5.56 Å². The number of nitrogens with zero attached hydrogens (tertiary/aromatic N) is 2. The van der Waals surface area contributed by atoms with Crippen LogP contribution in [0.5, 0.6) is 0 Å². The van der Waals surface area contributed by atoms with Gasteiger partial charge in [0.25, 0.3) is 0 Å². The Hall–Kier alpha value is -2.46. The van der Waals surface area contributed by atoms with E-state index in [2.05, 4.69) is 10.3 Å². The van der Waals surface area contributed by atoms with E-state index in [4.69, 9.17) is 0 Å². The van der Waals surface area contributed by atoms with E-state index >= 15 is 0 Å². The van der Waals surface area contributed by atoms with E-state index in [0.717, 1.165) is 17.8 Å². The molecule has 0 aliphatic heterocycles. The van der Waals surface area contributed by atoms with Crippen LogP contribution < -0.4 is 5.32 Å². The third-order valence-electron chi connectivity index (χ3n) is 3.66. The van der Waals surface area contributed by atoms with Crippen LogP contribution in [-0.2, 0) is 13.0 Å². The molecule has 3 rings (SSSR count). The molecule has 4 nitrogen and oxygen atoms in total. The number of hydrogen-bond donors (Lipinski definition) is 1. The van der Waals surface area contributed by atoms with E-state index in [9.17, 15) is 4.79 Å². The maximum atomic E-state index is 12.6. The SMILES string of the molecule is CCc1nc2ccccn2c1C(=O)CNCc1ccccc1. The normalized spacial score (nSPS) is 11.0. The highest BCUT2D eigenvalue weighted by molar-refractivity contribution is 5.98. The van der Waals surface area contributed by atoms with Gasteiger partial charge in [0.2, 0.25) is 0 Å². The molecule has 0 fully saturated rings. The van der Waals surface area contributed by atoms with Gasteiger partial charge in [0.15, 0.2) is 5.78 Å². The number of pyridine rings is 1. The van der Waals surface area contributed by atoms with Crippen molar-refractivity contribution in [3.8, 4) is 0 Å². The number of rotatable bonds is 6. The average Bonchev–Trinajstić information content (AvgIpc) is 2.94. The largest absolute Gasteiger partial charge is 0.306 e. The number of ketones is 1. The maximum absolute atomic E-state index is 12.6. The van der Waals surface area contributed by atoms with E-state index in [1.54, 1.807) is 0 Å². The van der Waals surface area contributed by atoms with Gasteiger partial charge in [-0.05, 0) is 24.1 Å². The molecule has 0 atom stereocenters. The number of Topliss-reactive ketones (excluding diaryl/α,β-unsaturated/α-hetero) is 1. The third-order valence-corrected chi connectivity index (χ3v) is 3.66. The summed E-state index contributed by atoms with van der Waals surface area (Å²) < 4.78 is 1.88. The van der Waals surface area contributed by atoms with Crippen molar-refractivity contribution in [3.05, 3.63) is 71.7 Å². The van der Waals surface area contributed by atoms with Crippen LogP contribution >= 0.6 is 0 Å². The van der Waals surface area contributed by atoms with E-state index < -0.39 is 0 Å². The first-order valence-electron chi connectivity index (χ1n) is 7.53. The lowest BCUT2D eigenvalue weighted by atomic mass is 10.2. The quantitative estimate of drug-likeness (QED) is 0.711. The molecule has 1 aromatic carbocycles. The number of imidazole rings is 1. The van der Waals surface area contributed by atoms with Crippen molar-refractivity contribution in [1.82, 2.24) is 14.7 Å². The lowest BCUT2D eigenvalue weighted by molar-refractivity contribution is 0.0984. The smallest absolute Gasteiger partial charge is 0.195 e. The van der Waals surface area contributed by atoms with Gasteiger partial charge in [-0.25, -0.2) is 4.98 Å². The number of carbonyl (C=O) groups excluding carboxylic acids is 1. The summed E-state index contributed by atoms with van der Waals surface area (Å²) in [5, 5.41) is 3.22. The highest BCUT2D eigenvalue weighted by Gasteiger charge is 2.17. The predicted molar refractivity (Wildman–Crippen MR) is 87.0 cm³/mol. The maximum Gasteiger partial charge on any atom is 0.195 e. The fourth-order valence-electron chi connectivity index (χ4n) is 2.59. The molecular weight excluding hydrogens is 274 g/mol. The zero-order chi connectivity index (χ0) is 15.4. The number of fused-ring (bicyclic) bond motifs is 1. The number of carbonyl (C=O) groups is 1. The van der Waals surface area contributed by atoms with Crippen LogP contribution in [0.25, 0.3) is 5.65 Å². The van der Waals surface area contributed by atoms with Crippen molar-refractivity contribution in [3.63, 3.8) is 0 Å². The second kappa shape index (κ2) is 6.54. The van der Waals surface area contributed by atoms with Crippen LogP contribution in [0.1, 0.15) is 28.7 Å². The molecule has 0 aliphatic rings. The van der Waals surface area contributed by atoms with E-state index in [1.807, 2.05) is 66.1 Å². The minimum atomic E-state index is 0.0754. The Bertz CT molecular complexity index is 777. The molecule has 2 heterocycles. The van der Waals surface area contributed by atoms with Gasteiger partial charge in [-0.1, -0.05) is 43.3 Å². The Morgan fingerprint density at radius 1 is 1.14 bits per heavy atom. The molecule has 2 aromatic heterocycles. The van der Waals surface area contributed by atoms with Crippen molar-refractivity contribution >= 4 is 11.4 Å². The van der Waals surface area contributed by atoms with Crippen molar-refractivity contribution < 1.29 is 4.79 Å². The monoisotopic (exact) mass is 293 g/mol. The number of aromatic nitrogens is 2. The van der Waals surface area contributed by atoms with Crippen LogP contribution in [0.3, 0.4) is 0 Å². The van der Waals surface area contributed by atoms with Crippen molar-refractivity contribution in [2.45, 2.75) is 19.9 Å². The summed E-state index contributed by atoms with van der Waals surface area (Å²) in [6.45, 7) is 3.02. The lowest BCUT2D eigenvalue weighted by Gasteiger charge is -2.06. The average molecular weight is 293 g/mol. The molecular formula is C18H19N3O. The molecule has 1 N–H and O–H groups in total. The van der Waals surface area contributed by atoms with Crippen LogP contribution in [0.4, 0.5) is 0 Å². The Morgan fingerprint density at radius 2 is 1.91 bits per heavy atom. The summed E-state index contributed by atoms with van der Waals surface area (Å²) in [4.78, 5) is 17.1. The Morgan fingerprint density at radius 3 is 2.68 bits per heavy atom. The van der Waals surface area contributed by atoms with Gasteiger partial charge in [0.05, 0.1) is 12.2 Å². The topological polar surface area (TPSA) is 46.4 Å². The molecule has 3 aromatic rings. The van der Waals surface area contributed by atoms with Crippen LogP contribution in [-0.4, -0.2) is 21.7 Å². The predicted octanol–water partition coefficient (Wildman–Crippen LogP) is 2.87. The fraction of sp³-hybridized carbons (Fsp3) is 0.222. The van der Waals surface area contributed by atoms with Gasteiger partial charge < -0.3 is 5.32 Å². The van der Waals surface area contributed by atoms with Crippen LogP contribution in [0, 0.1) is 0 Å². The van der Waals surface area contributed by atoms with E-state index in [-0.39, 0.29) is 5.78 Å². The number of aryl methyl sites for hydroxylation is 1. The second-order valence-corrected chi connectivity index (χ2v) is 5.20. The van der Waals surface area contributed by atoms with Gasteiger partial charge in [-0.15, -0.1) is 0 Å². The molecule has 0 bridgehead atoms. The Kier molecular flexibility index (Phi) is 4.30. The number of hydrogen-bond acceptors (Lipinski definition) is 3. The molecule has 0 saturated heterocycles. The van der Waals surface area contributed by atoms with Crippen LogP contribution in [0.2, 0.25) is 0 Å². The molecule has 4 heteroatoms. The van der Waals surface area contributed by atoms with Crippen molar-refractivity contribution in [1.29, 1.82) is 0 Å². The molecule has 0 saturated carbocycles. The van der Waals surface area contributed by atoms with Crippen molar-refractivity contribution in [2.24, 2.45) is 0 Å².